The smallest absolute Gasteiger partial charge is 0.174 e. The van der Waals surface area contributed by atoms with E-state index in [1.807, 2.05) is 19.9 Å². The van der Waals surface area contributed by atoms with Crippen LogP contribution in [0.5, 0.6) is 5.75 Å². The number of hydrogen-bond donors (Lipinski definition) is 1. The molecule has 5 nitrogen and oxygen atoms in total. The molecule has 0 unspecified atom stereocenters. The van der Waals surface area contributed by atoms with Crippen LogP contribution in [0.4, 0.5) is 11.6 Å². The summed E-state index contributed by atoms with van der Waals surface area (Å²) in [5.74, 6) is 1.93. The minimum Gasteiger partial charge on any atom is -0.493 e. The van der Waals surface area contributed by atoms with Crippen molar-refractivity contribution in [3.8, 4) is 5.75 Å². The van der Waals surface area contributed by atoms with Crippen LogP contribution in [0.15, 0.2) is 36.9 Å². The van der Waals surface area contributed by atoms with Gasteiger partial charge in [-0.05, 0) is 12.1 Å². The number of anilines is 2. The molecular weight excluding hydrogens is 216 g/mol. The highest BCUT2D eigenvalue weighted by molar-refractivity contribution is 5.58. The van der Waals surface area contributed by atoms with Crippen molar-refractivity contribution in [1.29, 1.82) is 0 Å². The zero-order valence-corrected chi connectivity index (χ0v) is 10.2. The minimum atomic E-state index is 0.625. The Balaban J connectivity index is 0.000000686. The Hall–Kier alpha value is -2.17. The Morgan fingerprint density at radius 3 is 2.59 bits per heavy atom. The van der Waals surface area contributed by atoms with E-state index in [4.69, 9.17) is 4.74 Å². The highest BCUT2D eigenvalue weighted by atomic mass is 16.5. The molecule has 90 valence electrons. The Bertz CT molecular complexity index is 434. The van der Waals surface area contributed by atoms with Crippen LogP contribution >= 0.6 is 0 Å². The lowest BCUT2D eigenvalue weighted by atomic mass is 10.4. The van der Waals surface area contributed by atoms with Gasteiger partial charge in [0.25, 0.3) is 0 Å². The van der Waals surface area contributed by atoms with E-state index in [1.165, 1.54) is 0 Å². The molecule has 0 aliphatic rings. The van der Waals surface area contributed by atoms with Gasteiger partial charge in [0.1, 0.15) is 5.82 Å². The largest absolute Gasteiger partial charge is 0.493 e. The van der Waals surface area contributed by atoms with Crippen LogP contribution in [-0.4, -0.2) is 22.1 Å². The number of pyridine rings is 1. The van der Waals surface area contributed by atoms with Gasteiger partial charge in [-0.1, -0.05) is 13.8 Å². The summed E-state index contributed by atoms with van der Waals surface area (Å²) in [6, 6.07) is 3.63. The van der Waals surface area contributed by atoms with E-state index in [-0.39, 0.29) is 0 Å². The second kappa shape index (κ2) is 7.16. The van der Waals surface area contributed by atoms with Crippen LogP contribution in [-0.2, 0) is 0 Å². The first kappa shape index (κ1) is 12.9. The van der Waals surface area contributed by atoms with Gasteiger partial charge < -0.3 is 10.1 Å². The lowest BCUT2D eigenvalue weighted by molar-refractivity contribution is 0.415. The summed E-state index contributed by atoms with van der Waals surface area (Å²) in [6.45, 7) is 4.00. The molecule has 0 aliphatic carbocycles. The van der Waals surface area contributed by atoms with Crippen molar-refractivity contribution in [3.05, 3.63) is 36.9 Å². The van der Waals surface area contributed by atoms with Crippen molar-refractivity contribution < 1.29 is 4.74 Å². The number of nitrogens with one attached hydrogen (secondary N) is 1. The third kappa shape index (κ3) is 3.71. The average molecular weight is 232 g/mol. The molecular formula is C12H16N4O. The quantitative estimate of drug-likeness (QED) is 0.881. The van der Waals surface area contributed by atoms with E-state index in [0.717, 1.165) is 0 Å². The van der Waals surface area contributed by atoms with E-state index >= 15 is 0 Å². The van der Waals surface area contributed by atoms with Gasteiger partial charge in [0.15, 0.2) is 11.6 Å². The van der Waals surface area contributed by atoms with E-state index in [1.54, 1.807) is 38.0 Å². The molecule has 0 aromatic carbocycles. The number of aromatic nitrogens is 3. The molecule has 2 aromatic heterocycles. The van der Waals surface area contributed by atoms with Gasteiger partial charge in [0.2, 0.25) is 0 Å². The molecule has 0 aliphatic heterocycles. The first-order chi connectivity index (χ1) is 8.40. The van der Waals surface area contributed by atoms with E-state index < -0.39 is 0 Å². The lowest BCUT2D eigenvalue weighted by Gasteiger charge is -2.07. The van der Waals surface area contributed by atoms with Crippen molar-refractivity contribution in [2.45, 2.75) is 13.8 Å². The summed E-state index contributed by atoms with van der Waals surface area (Å²) in [5, 5.41) is 3.01. The second-order valence-electron chi connectivity index (χ2n) is 2.77. The number of hydrogen-bond acceptors (Lipinski definition) is 5. The summed E-state index contributed by atoms with van der Waals surface area (Å²) >= 11 is 0. The van der Waals surface area contributed by atoms with Crippen LogP contribution in [0.2, 0.25) is 0 Å². The van der Waals surface area contributed by atoms with E-state index in [9.17, 15) is 0 Å². The first-order valence-electron chi connectivity index (χ1n) is 5.42. The van der Waals surface area contributed by atoms with Crippen LogP contribution in [0.1, 0.15) is 13.8 Å². The van der Waals surface area contributed by atoms with Crippen molar-refractivity contribution in [3.63, 3.8) is 0 Å². The molecule has 17 heavy (non-hydrogen) atoms. The topological polar surface area (TPSA) is 59.9 Å². The van der Waals surface area contributed by atoms with Gasteiger partial charge in [0, 0.05) is 18.6 Å². The molecule has 0 atom stereocenters. The van der Waals surface area contributed by atoms with Crippen molar-refractivity contribution in [1.82, 2.24) is 15.0 Å². The third-order valence-electron chi connectivity index (χ3n) is 1.80. The second-order valence-corrected chi connectivity index (χ2v) is 2.77. The van der Waals surface area contributed by atoms with Crippen LogP contribution in [0.25, 0.3) is 0 Å². The molecule has 0 bridgehead atoms. The van der Waals surface area contributed by atoms with Crippen molar-refractivity contribution in [2.75, 3.05) is 12.4 Å². The summed E-state index contributed by atoms with van der Waals surface area (Å²) in [7, 11) is 1.60. The van der Waals surface area contributed by atoms with Gasteiger partial charge in [-0.15, -0.1) is 0 Å². The summed E-state index contributed by atoms with van der Waals surface area (Å²) in [4.78, 5) is 12.2. The molecule has 0 spiro atoms. The molecule has 2 aromatic rings. The van der Waals surface area contributed by atoms with Gasteiger partial charge in [0.05, 0.1) is 13.3 Å². The fourth-order valence-electron chi connectivity index (χ4n) is 1.13. The highest BCUT2D eigenvalue weighted by Crippen LogP contribution is 2.22. The van der Waals surface area contributed by atoms with Crippen LogP contribution < -0.4 is 10.1 Å². The molecule has 0 saturated heterocycles. The zero-order chi connectivity index (χ0) is 12.5. The van der Waals surface area contributed by atoms with E-state index in [0.29, 0.717) is 17.4 Å². The maximum absolute atomic E-state index is 5.14. The number of nitrogens with zero attached hydrogens (tertiary/aromatic N) is 3. The Kier molecular flexibility index (Phi) is 5.43. The Morgan fingerprint density at radius 2 is 1.94 bits per heavy atom. The predicted octanol–water partition coefficient (Wildman–Crippen LogP) is 2.65. The number of ether oxygens (including phenoxy) is 1. The highest BCUT2D eigenvalue weighted by Gasteiger charge is 2.03. The number of rotatable bonds is 3. The van der Waals surface area contributed by atoms with Crippen molar-refractivity contribution >= 4 is 11.6 Å². The fraction of sp³-hybridized carbons (Fsp3) is 0.250. The maximum Gasteiger partial charge on any atom is 0.174 e. The molecule has 0 amide bonds. The summed E-state index contributed by atoms with van der Waals surface area (Å²) in [5.41, 5.74) is 0. The third-order valence-corrected chi connectivity index (χ3v) is 1.80. The summed E-state index contributed by atoms with van der Waals surface area (Å²) < 4.78 is 5.14. The van der Waals surface area contributed by atoms with Crippen LogP contribution in [0, 0.1) is 0 Å². The molecule has 2 heterocycles. The summed E-state index contributed by atoms with van der Waals surface area (Å²) in [6.07, 6.45) is 6.52. The molecule has 0 fully saturated rings. The molecule has 2 rings (SSSR count). The molecule has 1 N–H and O–H groups in total. The fourth-order valence-corrected chi connectivity index (χ4v) is 1.13. The Morgan fingerprint density at radius 1 is 1.12 bits per heavy atom. The van der Waals surface area contributed by atoms with Gasteiger partial charge >= 0.3 is 0 Å². The van der Waals surface area contributed by atoms with Gasteiger partial charge in [-0.25, -0.2) is 9.97 Å². The minimum absolute atomic E-state index is 0.625. The van der Waals surface area contributed by atoms with Crippen molar-refractivity contribution in [2.24, 2.45) is 0 Å². The molecule has 0 radical (unpaired) electrons. The van der Waals surface area contributed by atoms with Gasteiger partial charge in [-0.3, -0.25) is 4.98 Å². The molecule has 0 saturated carbocycles. The maximum atomic E-state index is 5.14. The average Bonchev–Trinajstić information content (AvgIpc) is 2.43. The number of methoxy groups -OCH3 is 1. The molecule has 5 heteroatoms. The predicted molar refractivity (Wildman–Crippen MR) is 67.5 cm³/mol. The Labute approximate surface area is 101 Å². The normalized spacial score (nSPS) is 8.88. The SMILES string of the molecule is CC.COc1cccnc1Nc1cnccn1. The standard InChI is InChI=1S/C10H10N4O.C2H6/c1-15-8-3-2-4-13-10(8)14-9-7-11-5-6-12-9;1-2/h2-7H,1H3,(H,12,13,14);1-2H3. The van der Waals surface area contributed by atoms with Gasteiger partial charge in [-0.2, -0.15) is 0 Å². The van der Waals surface area contributed by atoms with Crippen LogP contribution in [0.3, 0.4) is 0 Å². The first-order valence-corrected chi connectivity index (χ1v) is 5.42. The zero-order valence-electron chi connectivity index (χ0n) is 10.2. The monoisotopic (exact) mass is 232 g/mol. The van der Waals surface area contributed by atoms with E-state index in [2.05, 4.69) is 20.3 Å². The lowest BCUT2D eigenvalue weighted by Crippen LogP contribution is -1.98.